The number of carbonyl (C=O) groups excluding carboxylic acids is 1. The molecule has 0 heterocycles. The van der Waals surface area contributed by atoms with Gasteiger partial charge in [0, 0.05) is 13.1 Å². The van der Waals surface area contributed by atoms with Crippen LogP contribution in [0.25, 0.3) is 0 Å². The van der Waals surface area contributed by atoms with E-state index in [1.54, 1.807) is 4.90 Å². The Kier molecular flexibility index (Phi) is 4.76. The maximum absolute atomic E-state index is 12.0. The molecule has 0 saturated heterocycles. The number of ether oxygens (including phenoxy) is 1. The number of carbonyl (C=O) groups is 1. The third-order valence-corrected chi connectivity index (χ3v) is 2.49. The summed E-state index contributed by atoms with van der Waals surface area (Å²) in [4.78, 5) is 13.7. The summed E-state index contributed by atoms with van der Waals surface area (Å²) in [6, 6.07) is 8.17. The van der Waals surface area contributed by atoms with Gasteiger partial charge in [-0.1, -0.05) is 29.8 Å². The highest BCUT2D eigenvalue weighted by Crippen LogP contribution is 2.13. The van der Waals surface area contributed by atoms with E-state index in [0.29, 0.717) is 13.1 Å². The minimum Gasteiger partial charge on any atom is -0.444 e. The Labute approximate surface area is 110 Å². The summed E-state index contributed by atoms with van der Waals surface area (Å²) >= 11 is 0. The second kappa shape index (κ2) is 5.89. The first-order valence-electron chi connectivity index (χ1n) is 6.35. The van der Waals surface area contributed by atoms with Gasteiger partial charge in [-0.2, -0.15) is 0 Å². The summed E-state index contributed by atoms with van der Waals surface area (Å²) in [5.41, 5.74) is 1.88. The van der Waals surface area contributed by atoms with Crippen LogP contribution >= 0.6 is 0 Å². The SMILES string of the molecule is CCN(Cc1cccc(C)c1)C(=O)OC(C)(C)C. The molecule has 0 radical (unpaired) electrons. The summed E-state index contributed by atoms with van der Waals surface area (Å²) < 4.78 is 5.38. The van der Waals surface area contributed by atoms with E-state index in [1.165, 1.54) is 5.56 Å². The Morgan fingerprint density at radius 1 is 1.33 bits per heavy atom. The summed E-state index contributed by atoms with van der Waals surface area (Å²) in [6.07, 6.45) is -0.258. The Hall–Kier alpha value is -1.51. The van der Waals surface area contributed by atoms with Crippen LogP contribution in [0.1, 0.15) is 38.8 Å². The van der Waals surface area contributed by atoms with E-state index in [2.05, 4.69) is 6.07 Å². The van der Waals surface area contributed by atoms with Crippen molar-refractivity contribution in [2.24, 2.45) is 0 Å². The van der Waals surface area contributed by atoms with Crippen LogP contribution in [0.5, 0.6) is 0 Å². The zero-order valence-corrected chi connectivity index (χ0v) is 12.0. The number of amides is 1. The van der Waals surface area contributed by atoms with Crippen LogP contribution in [0.2, 0.25) is 0 Å². The molecule has 0 atom stereocenters. The highest BCUT2D eigenvalue weighted by atomic mass is 16.6. The van der Waals surface area contributed by atoms with E-state index < -0.39 is 5.60 Å². The van der Waals surface area contributed by atoms with Gasteiger partial charge in [0.2, 0.25) is 0 Å². The first-order valence-corrected chi connectivity index (χ1v) is 6.35. The number of nitrogens with zero attached hydrogens (tertiary/aromatic N) is 1. The summed E-state index contributed by atoms with van der Waals surface area (Å²) in [5, 5.41) is 0. The number of hydrogen-bond donors (Lipinski definition) is 0. The monoisotopic (exact) mass is 249 g/mol. The van der Waals surface area contributed by atoms with Gasteiger partial charge in [0.1, 0.15) is 5.60 Å². The van der Waals surface area contributed by atoms with Crippen molar-refractivity contribution in [3.8, 4) is 0 Å². The molecule has 0 spiro atoms. The van der Waals surface area contributed by atoms with Crippen LogP contribution in [0.3, 0.4) is 0 Å². The average molecular weight is 249 g/mol. The van der Waals surface area contributed by atoms with E-state index in [-0.39, 0.29) is 6.09 Å². The van der Waals surface area contributed by atoms with Gasteiger partial charge in [0.25, 0.3) is 0 Å². The van der Waals surface area contributed by atoms with E-state index in [9.17, 15) is 4.79 Å². The molecule has 0 N–H and O–H groups in total. The van der Waals surface area contributed by atoms with Crippen molar-refractivity contribution in [2.45, 2.75) is 46.8 Å². The quantitative estimate of drug-likeness (QED) is 0.816. The van der Waals surface area contributed by atoms with Crippen LogP contribution in [0.4, 0.5) is 4.79 Å². The van der Waals surface area contributed by atoms with Gasteiger partial charge in [-0.05, 0) is 40.2 Å². The normalized spacial score (nSPS) is 11.2. The fraction of sp³-hybridized carbons (Fsp3) is 0.533. The highest BCUT2D eigenvalue weighted by molar-refractivity contribution is 5.68. The summed E-state index contributed by atoms with van der Waals surface area (Å²) in [6.45, 7) is 10.9. The minimum atomic E-state index is -0.447. The first-order chi connectivity index (χ1) is 8.31. The molecule has 0 unspecified atom stereocenters. The molecule has 18 heavy (non-hydrogen) atoms. The lowest BCUT2D eigenvalue weighted by molar-refractivity contribution is 0.0244. The van der Waals surface area contributed by atoms with Crippen LogP contribution < -0.4 is 0 Å². The molecule has 100 valence electrons. The van der Waals surface area contributed by atoms with Crippen molar-refractivity contribution in [3.63, 3.8) is 0 Å². The first kappa shape index (κ1) is 14.6. The molecule has 0 aliphatic carbocycles. The maximum atomic E-state index is 12.0. The highest BCUT2D eigenvalue weighted by Gasteiger charge is 2.21. The number of rotatable bonds is 3. The van der Waals surface area contributed by atoms with Gasteiger partial charge >= 0.3 is 6.09 Å². The molecule has 0 aliphatic rings. The number of benzene rings is 1. The Morgan fingerprint density at radius 3 is 2.50 bits per heavy atom. The van der Waals surface area contributed by atoms with Gasteiger partial charge in [-0.15, -0.1) is 0 Å². The van der Waals surface area contributed by atoms with Crippen molar-refractivity contribution in [2.75, 3.05) is 6.54 Å². The smallest absolute Gasteiger partial charge is 0.410 e. The molecule has 3 nitrogen and oxygen atoms in total. The molecular formula is C15H23NO2. The predicted molar refractivity (Wildman–Crippen MR) is 73.5 cm³/mol. The fourth-order valence-corrected chi connectivity index (χ4v) is 1.66. The van der Waals surface area contributed by atoms with Gasteiger partial charge in [-0.3, -0.25) is 0 Å². The summed E-state index contributed by atoms with van der Waals surface area (Å²) in [5.74, 6) is 0. The average Bonchev–Trinajstić information content (AvgIpc) is 2.23. The lowest BCUT2D eigenvalue weighted by atomic mass is 10.1. The molecule has 1 aromatic rings. The molecule has 0 saturated carbocycles. The van der Waals surface area contributed by atoms with Gasteiger partial charge in [-0.25, -0.2) is 4.79 Å². The van der Waals surface area contributed by atoms with Crippen LogP contribution in [-0.2, 0) is 11.3 Å². The van der Waals surface area contributed by atoms with Crippen molar-refractivity contribution >= 4 is 6.09 Å². The third kappa shape index (κ3) is 4.78. The van der Waals surface area contributed by atoms with Crippen LogP contribution in [-0.4, -0.2) is 23.1 Å². The Balaban J connectivity index is 2.70. The number of hydrogen-bond acceptors (Lipinski definition) is 2. The largest absolute Gasteiger partial charge is 0.444 e. The second-order valence-corrected chi connectivity index (χ2v) is 5.48. The Morgan fingerprint density at radius 2 is 2.00 bits per heavy atom. The molecule has 1 rings (SSSR count). The van der Waals surface area contributed by atoms with Crippen LogP contribution in [0, 0.1) is 6.92 Å². The maximum Gasteiger partial charge on any atom is 0.410 e. The molecule has 3 heteroatoms. The molecule has 0 aromatic heterocycles. The third-order valence-electron chi connectivity index (χ3n) is 2.49. The standard InChI is InChI=1S/C15H23NO2/c1-6-16(14(17)18-15(3,4)5)11-13-9-7-8-12(2)10-13/h7-10H,6,11H2,1-5H3. The van der Waals surface area contributed by atoms with E-state index in [0.717, 1.165) is 5.56 Å². The fourth-order valence-electron chi connectivity index (χ4n) is 1.66. The molecule has 0 aliphatic heterocycles. The van der Waals surface area contributed by atoms with E-state index in [4.69, 9.17) is 4.74 Å². The van der Waals surface area contributed by atoms with Gasteiger partial charge < -0.3 is 9.64 Å². The molecular weight excluding hydrogens is 226 g/mol. The van der Waals surface area contributed by atoms with Crippen LogP contribution in [0.15, 0.2) is 24.3 Å². The Bertz CT molecular complexity index is 407. The zero-order chi connectivity index (χ0) is 13.8. The zero-order valence-electron chi connectivity index (χ0n) is 12.0. The topological polar surface area (TPSA) is 29.5 Å². The van der Waals surface area contributed by atoms with Crippen molar-refractivity contribution in [3.05, 3.63) is 35.4 Å². The molecule has 0 bridgehead atoms. The minimum absolute atomic E-state index is 0.258. The molecule has 1 aromatic carbocycles. The lowest BCUT2D eigenvalue weighted by Gasteiger charge is -2.26. The number of aryl methyl sites for hydroxylation is 1. The second-order valence-electron chi connectivity index (χ2n) is 5.48. The van der Waals surface area contributed by atoms with Crippen molar-refractivity contribution in [1.82, 2.24) is 4.90 Å². The molecule has 0 fully saturated rings. The van der Waals surface area contributed by atoms with E-state index in [1.807, 2.05) is 52.8 Å². The van der Waals surface area contributed by atoms with Crippen molar-refractivity contribution in [1.29, 1.82) is 0 Å². The predicted octanol–water partition coefficient (Wildman–Crippen LogP) is 3.75. The molecule has 1 amide bonds. The van der Waals surface area contributed by atoms with Gasteiger partial charge in [0.05, 0.1) is 0 Å². The summed E-state index contributed by atoms with van der Waals surface area (Å²) in [7, 11) is 0. The lowest BCUT2D eigenvalue weighted by Crippen LogP contribution is -2.36. The van der Waals surface area contributed by atoms with E-state index >= 15 is 0 Å². The van der Waals surface area contributed by atoms with Crippen molar-refractivity contribution < 1.29 is 9.53 Å². The van der Waals surface area contributed by atoms with Gasteiger partial charge in [0.15, 0.2) is 0 Å².